The van der Waals surface area contributed by atoms with Crippen LogP contribution in [-0.2, 0) is 29.1 Å². The van der Waals surface area contributed by atoms with Gasteiger partial charge in [0.1, 0.15) is 12.4 Å². The van der Waals surface area contributed by atoms with E-state index < -0.39 is 0 Å². The summed E-state index contributed by atoms with van der Waals surface area (Å²) in [6.07, 6.45) is 7.85. The zero-order chi connectivity index (χ0) is 24.7. The van der Waals surface area contributed by atoms with Gasteiger partial charge < -0.3 is 14.8 Å². The van der Waals surface area contributed by atoms with Crippen molar-refractivity contribution in [2.45, 2.75) is 58.0 Å². The Morgan fingerprint density at radius 2 is 1.61 bits per heavy atom. The van der Waals surface area contributed by atoms with E-state index in [2.05, 4.69) is 5.32 Å². The maximum Gasteiger partial charge on any atom is 0.242 e. The number of hydrogen-bond donors (Lipinski definition) is 1. The van der Waals surface area contributed by atoms with Gasteiger partial charge >= 0.3 is 0 Å². The zero-order valence-electron chi connectivity index (χ0n) is 21.2. The summed E-state index contributed by atoms with van der Waals surface area (Å²) < 4.78 is 2.02. The second-order valence-corrected chi connectivity index (χ2v) is 11.5. The van der Waals surface area contributed by atoms with Gasteiger partial charge in [-0.3, -0.25) is 9.59 Å². The van der Waals surface area contributed by atoms with E-state index in [0.29, 0.717) is 19.5 Å². The number of nitrogens with one attached hydrogen (secondary N) is 1. The third kappa shape index (κ3) is 4.42. The first-order valence-corrected chi connectivity index (χ1v) is 13.5. The van der Waals surface area contributed by atoms with E-state index in [9.17, 15) is 9.59 Å². The average Bonchev–Trinajstić information content (AvgIpc) is 3.21. The van der Waals surface area contributed by atoms with Crippen molar-refractivity contribution in [3.05, 3.63) is 66.0 Å². The molecule has 4 saturated carbocycles. The Bertz CT molecular complexity index is 1230. The second-order valence-electron chi connectivity index (χ2n) is 11.5. The third-order valence-electron chi connectivity index (χ3n) is 8.87. The lowest BCUT2D eigenvalue weighted by Crippen LogP contribution is -2.53. The van der Waals surface area contributed by atoms with E-state index in [4.69, 9.17) is 4.98 Å². The van der Waals surface area contributed by atoms with E-state index in [1.165, 1.54) is 19.3 Å². The fraction of sp³-hybridized carbons (Fsp3) is 0.500. The van der Waals surface area contributed by atoms with Gasteiger partial charge in [-0.25, -0.2) is 4.98 Å². The van der Waals surface area contributed by atoms with Crippen LogP contribution in [0.3, 0.4) is 0 Å². The average molecular weight is 485 g/mol. The molecule has 0 atom stereocenters. The number of hydrogen-bond acceptors (Lipinski definition) is 3. The molecule has 188 valence electrons. The van der Waals surface area contributed by atoms with E-state index in [-0.39, 0.29) is 23.8 Å². The standard InChI is InChI=1S/C30H36N4O2/c1-33(19-21-7-3-2-4-8-21)28(35)20-34-26-10-6-5-9-25(26)32-27(34)11-12-31-29(36)30-16-22-13-23(17-30)15-24(14-22)18-30/h2-10,22-24H,11-20H2,1H3,(H,31,36). The van der Waals surface area contributed by atoms with Crippen LogP contribution in [-0.4, -0.2) is 39.9 Å². The van der Waals surface area contributed by atoms with Gasteiger partial charge in [0, 0.05) is 32.0 Å². The van der Waals surface area contributed by atoms with Crippen LogP contribution in [0.15, 0.2) is 54.6 Å². The molecule has 36 heavy (non-hydrogen) atoms. The molecule has 6 heteroatoms. The number of imidazole rings is 1. The lowest BCUT2D eigenvalue weighted by atomic mass is 9.49. The van der Waals surface area contributed by atoms with Crippen molar-refractivity contribution in [3.8, 4) is 0 Å². The van der Waals surface area contributed by atoms with Crippen LogP contribution in [0.5, 0.6) is 0 Å². The van der Waals surface area contributed by atoms with Crippen molar-refractivity contribution in [3.63, 3.8) is 0 Å². The molecule has 4 aliphatic rings. The summed E-state index contributed by atoms with van der Waals surface area (Å²) in [5.41, 5.74) is 2.82. The molecule has 0 saturated heterocycles. The Morgan fingerprint density at radius 3 is 2.31 bits per heavy atom. The van der Waals surface area contributed by atoms with Gasteiger partial charge in [0.2, 0.25) is 11.8 Å². The molecule has 0 unspecified atom stereocenters. The zero-order valence-corrected chi connectivity index (χ0v) is 21.2. The molecule has 0 radical (unpaired) electrons. The highest BCUT2D eigenvalue weighted by molar-refractivity contribution is 5.83. The minimum atomic E-state index is -0.134. The van der Waals surface area contributed by atoms with Crippen molar-refractivity contribution < 1.29 is 9.59 Å². The molecular weight excluding hydrogens is 448 g/mol. The second kappa shape index (κ2) is 9.38. The molecule has 1 aromatic heterocycles. The minimum Gasteiger partial charge on any atom is -0.355 e. The first-order chi connectivity index (χ1) is 17.5. The van der Waals surface area contributed by atoms with E-state index in [1.54, 1.807) is 4.90 Å². The molecule has 7 rings (SSSR count). The van der Waals surface area contributed by atoms with Crippen molar-refractivity contribution in [2.75, 3.05) is 13.6 Å². The van der Waals surface area contributed by atoms with Crippen LogP contribution in [0, 0.1) is 23.2 Å². The Kier molecular flexibility index (Phi) is 6.06. The van der Waals surface area contributed by atoms with Gasteiger partial charge in [-0.2, -0.15) is 0 Å². The normalized spacial score (nSPS) is 26.3. The Hall–Kier alpha value is -3.15. The Labute approximate surface area is 213 Å². The van der Waals surface area contributed by atoms with Crippen LogP contribution < -0.4 is 5.32 Å². The first-order valence-electron chi connectivity index (χ1n) is 13.5. The van der Waals surface area contributed by atoms with Gasteiger partial charge in [0.25, 0.3) is 0 Å². The van der Waals surface area contributed by atoms with Gasteiger partial charge in [0.05, 0.1) is 11.0 Å². The SMILES string of the molecule is CN(Cc1ccccc1)C(=O)Cn1c(CCNC(=O)C23CC4CC(CC(C4)C2)C3)nc2ccccc21. The van der Waals surface area contributed by atoms with Crippen molar-refractivity contribution in [2.24, 2.45) is 23.2 Å². The number of likely N-dealkylation sites (N-methyl/N-ethyl adjacent to an activating group) is 1. The summed E-state index contributed by atoms with van der Waals surface area (Å²) in [6, 6.07) is 18.0. The molecule has 0 aliphatic heterocycles. The number of aromatic nitrogens is 2. The maximum atomic E-state index is 13.4. The number of benzene rings is 2. The monoisotopic (exact) mass is 484 g/mol. The van der Waals surface area contributed by atoms with Crippen LogP contribution in [0.4, 0.5) is 0 Å². The molecule has 0 spiro atoms. The lowest BCUT2D eigenvalue weighted by Gasteiger charge is -2.55. The fourth-order valence-electron chi connectivity index (χ4n) is 7.56. The van der Waals surface area contributed by atoms with Crippen LogP contribution in [0.2, 0.25) is 0 Å². The quantitative estimate of drug-likeness (QED) is 0.509. The van der Waals surface area contributed by atoms with E-state index in [0.717, 1.165) is 59.4 Å². The van der Waals surface area contributed by atoms with E-state index >= 15 is 0 Å². The molecule has 4 bridgehead atoms. The molecule has 4 fully saturated rings. The fourth-order valence-corrected chi connectivity index (χ4v) is 7.56. The smallest absolute Gasteiger partial charge is 0.242 e. The summed E-state index contributed by atoms with van der Waals surface area (Å²) in [6.45, 7) is 1.36. The maximum absolute atomic E-state index is 13.4. The molecule has 1 N–H and O–H groups in total. The molecule has 2 amide bonds. The predicted molar refractivity (Wildman–Crippen MR) is 140 cm³/mol. The first kappa shape index (κ1) is 23.3. The summed E-state index contributed by atoms with van der Waals surface area (Å²) in [5, 5.41) is 3.28. The Morgan fingerprint density at radius 1 is 0.972 bits per heavy atom. The highest BCUT2D eigenvalue weighted by Crippen LogP contribution is 2.60. The van der Waals surface area contributed by atoms with Gasteiger partial charge in [-0.1, -0.05) is 42.5 Å². The van der Waals surface area contributed by atoms with Gasteiger partial charge in [-0.05, 0) is 74.0 Å². The van der Waals surface area contributed by atoms with Crippen molar-refractivity contribution in [1.29, 1.82) is 0 Å². The third-order valence-corrected chi connectivity index (χ3v) is 8.87. The number of rotatable bonds is 8. The number of fused-ring (bicyclic) bond motifs is 1. The molecule has 3 aromatic rings. The highest BCUT2D eigenvalue weighted by atomic mass is 16.2. The van der Waals surface area contributed by atoms with Crippen LogP contribution >= 0.6 is 0 Å². The number of nitrogens with zero attached hydrogens (tertiary/aromatic N) is 3. The number of para-hydroxylation sites is 2. The summed E-state index contributed by atoms with van der Waals surface area (Å²) in [4.78, 5) is 33.2. The van der Waals surface area contributed by atoms with Crippen molar-refractivity contribution >= 4 is 22.8 Å². The molecule has 4 aliphatic carbocycles. The van der Waals surface area contributed by atoms with E-state index in [1.807, 2.05) is 66.2 Å². The highest BCUT2D eigenvalue weighted by Gasteiger charge is 2.54. The van der Waals surface area contributed by atoms with Crippen molar-refractivity contribution in [1.82, 2.24) is 19.8 Å². The number of carbonyl (C=O) groups is 2. The molecule has 6 nitrogen and oxygen atoms in total. The van der Waals surface area contributed by atoms with Crippen LogP contribution in [0.25, 0.3) is 11.0 Å². The summed E-state index contributed by atoms with van der Waals surface area (Å²) >= 11 is 0. The number of amides is 2. The van der Waals surface area contributed by atoms with Gasteiger partial charge in [-0.15, -0.1) is 0 Å². The Balaban J connectivity index is 1.13. The topological polar surface area (TPSA) is 67.2 Å². The molecule has 2 aromatic carbocycles. The lowest BCUT2D eigenvalue weighted by molar-refractivity contribution is -0.146. The summed E-state index contributed by atoms with van der Waals surface area (Å²) in [7, 11) is 1.85. The largest absolute Gasteiger partial charge is 0.355 e. The number of carbonyl (C=O) groups excluding carboxylic acids is 2. The van der Waals surface area contributed by atoms with Gasteiger partial charge in [0.15, 0.2) is 0 Å². The van der Waals surface area contributed by atoms with Crippen LogP contribution in [0.1, 0.15) is 49.9 Å². The minimum absolute atomic E-state index is 0.0425. The summed E-state index contributed by atoms with van der Waals surface area (Å²) in [5.74, 6) is 3.41. The predicted octanol–water partition coefficient (Wildman–Crippen LogP) is 4.57. The molecule has 1 heterocycles. The molecular formula is C30H36N4O2.